The van der Waals surface area contributed by atoms with Gasteiger partial charge in [-0.3, -0.25) is 10.1 Å². The topological polar surface area (TPSA) is 97.8 Å². The molecule has 2 aromatic rings. The number of benzene rings is 1. The first-order valence-corrected chi connectivity index (χ1v) is 6.58. The summed E-state index contributed by atoms with van der Waals surface area (Å²) in [6, 6.07) is 6.61. The van der Waals surface area contributed by atoms with Crippen LogP contribution in [0.5, 0.6) is 0 Å². The minimum absolute atomic E-state index is 0.0628. The van der Waals surface area contributed by atoms with Gasteiger partial charge in [0.1, 0.15) is 5.82 Å². The molecule has 1 aliphatic carbocycles. The Bertz CT molecular complexity index is 659. The van der Waals surface area contributed by atoms with Crippen molar-refractivity contribution in [3.63, 3.8) is 0 Å². The highest BCUT2D eigenvalue weighted by Crippen LogP contribution is 2.43. The van der Waals surface area contributed by atoms with E-state index in [1.807, 2.05) is 6.92 Å². The van der Waals surface area contributed by atoms with Crippen LogP contribution in [0.4, 0.5) is 5.69 Å². The van der Waals surface area contributed by atoms with Crippen LogP contribution in [0.25, 0.3) is 11.3 Å². The second-order valence-corrected chi connectivity index (χ2v) is 5.48. The van der Waals surface area contributed by atoms with Crippen LogP contribution in [-0.2, 0) is 5.54 Å². The summed E-state index contributed by atoms with van der Waals surface area (Å²) in [4.78, 5) is 18.1. The van der Waals surface area contributed by atoms with E-state index in [1.54, 1.807) is 24.4 Å². The largest absolute Gasteiger partial charge is 0.340 e. The van der Waals surface area contributed by atoms with Gasteiger partial charge in [-0.15, -0.1) is 0 Å². The lowest BCUT2D eigenvalue weighted by molar-refractivity contribution is -0.384. The Balaban J connectivity index is 2.00. The number of para-hydroxylation sites is 1. The summed E-state index contributed by atoms with van der Waals surface area (Å²) < 4.78 is 0. The summed E-state index contributed by atoms with van der Waals surface area (Å²) in [6.45, 7) is 1.95. The van der Waals surface area contributed by atoms with Gasteiger partial charge >= 0.3 is 0 Å². The fraction of sp³-hybridized carbons (Fsp3) is 0.357. The molecule has 1 aliphatic rings. The van der Waals surface area contributed by atoms with E-state index in [0.717, 1.165) is 12.8 Å². The molecule has 1 fully saturated rings. The number of nitrogens with one attached hydrogen (secondary N) is 1. The van der Waals surface area contributed by atoms with Gasteiger partial charge in [0.2, 0.25) is 0 Å². The monoisotopic (exact) mass is 272 g/mol. The quantitative estimate of drug-likeness (QED) is 0.660. The number of aromatic nitrogens is 2. The van der Waals surface area contributed by atoms with Crippen LogP contribution in [0, 0.1) is 16.0 Å². The number of hydrogen-bond acceptors (Lipinski definition) is 4. The van der Waals surface area contributed by atoms with Crippen molar-refractivity contribution in [2.45, 2.75) is 25.3 Å². The van der Waals surface area contributed by atoms with Crippen LogP contribution in [0.1, 0.15) is 25.6 Å². The molecule has 0 saturated heterocycles. The maximum Gasteiger partial charge on any atom is 0.278 e. The highest BCUT2D eigenvalue weighted by atomic mass is 16.6. The molecule has 104 valence electrons. The van der Waals surface area contributed by atoms with Gasteiger partial charge in [0.15, 0.2) is 0 Å². The molecule has 0 bridgehead atoms. The van der Waals surface area contributed by atoms with Crippen molar-refractivity contribution in [3.8, 4) is 11.3 Å². The van der Waals surface area contributed by atoms with Crippen LogP contribution in [0.15, 0.2) is 30.5 Å². The van der Waals surface area contributed by atoms with Crippen molar-refractivity contribution in [1.82, 2.24) is 9.97 Å². The number of aromatic amines is 1. The van der Waals surface area contributed by atoms with Crippen LogP contribution < -0.4 is 5.73 Å². The Morgan fingerprint density at radius 1 is 1.45 bits per heavy atom. The fourth-order valence-corrected chi connectivity index (χ4v) is 2.47. The lowest BCUT2D eigenvalue weighted by Gasteiger charge is -2.21. The Morgan fingerprint density at radius 3 is 2.80 bits per heavy atom. The zero-order chi connectivity index (χ0) is 14.3. The highest BCUT2D eigenvalue weighted by molar-refractivity contribution is 5.70. The molecule has 6 nitrogen and oxygen atoms in total. The molecule has 0 spiro atoms. The van der Waals surface area contributed by atoms with E-state index < -0.39 is 10.5 Å². The Kier molecular flexibility index (Phi) is 2.83. The molecule has 1 heterocycles. The first-order chi connectivity index (χ1) is 9.50. The minimum Gasteiger partial charge on any atom is -0.340 e. The Labute approximate surface area is 116 Å². The van der Waals surface area contributed by atoms with E-state index in [2.05, 4.69) is 9.97 Å². The first-order valence-electron chi connectivity index (χ1n) is 6.58. The molecule has 0 amide bonds. The number of rotatable bonds is 4. The number of nitro groups is 1. The van der Waals surface area contributed by atoms with Crippen molar-refractivity contribution < 1.29 is 4.92 Å². The molecule has 1 saturated carbocycles. The van der Waals surface area contributed by atoms with E-state index >= 15 is 0 Å². The molecule has 1 aromatic carbocycles. The second kappa shape index (κ2) is 4.42. The van der Waals surface area contributed by atoms with Crippen molar-refractivity contribution in [2.24, 2.45) is 11.7 Å². The molecule has 3 N–H and O–H groups in total. The molecular weight excluding hydrogens is 256 g/mol. The van der Waals surface area contributed by atoms with Crippen LogP contribution in [0.3, 0.4) is 0 Å². The number of imidazole rings is 1. The number of nitro benzene ring substituents is 1. The van der Waals surface area contributed by atoms with Gasteiger partial charge in [-0.2, -0.15) is 0 Å². The average molecular weight is 272 g/mol. The van der Waals surface area contributed by atoms with Crippen molar-refractivity contribution in [1.29, 1.82) is 0 Å². The third-order valence-electron chi connectivity index (χ3n) is 3.90. The lowest BCUT2D eigenvalue weighted by Crippen LogP contribution is -2.36. The Hall–Kier alpha value is -2.21. The average Bonchev–Trinajstić information content (AvgIpc) is 3.17. The predicted molar refractivity (Wildman–Crippen MR) is 74.9 cm³/mol. The van der Waals surface area contributed by atoms with Gasteiger partial charge in [-0.25, -0.2) is 4.98 Å². The van der Waals surface area contributed by atoms with E-state index in [9.17, 15) is 10.1 Å². The molecule has 1 unspecified atom stereocenters. The molecule has 6 heteroatoms. The van der Waals surface area contributed by atoms with Crippen LogP contribution in [-0.4, -0.2) is 14.9 Å². The molecule has 20 heavy (non-hydrogen) atoms. The normalized spacial score (nSPS) is 17.7. The summed E-state index contributed by atoms with van der Waals surface area (Å²) in [5.41, 5.74) is 7.03. The Morgan fingerprint density at radius 2 is 2.15 bits per heavy atom. The lowest BCUT2D eigenvalue weighted by atomic mass is 9.97. The maximum absolute atomic E-state index is 11.1. The van der Waals surface area contributed by atoms with Crippen molar-refractivity contribution in [2.75, 3.05) is 0 Å². The van der Waals surface area contributed by atoms with Crippen LogP contribution in [0.2, 0.25) is 0 Å². The highest BCUT2D eigenvalue weighted by Gasteiger charge is 2.41. The van der Waals surface area contributed by atoms with Gasteiger partial charge < -0.3 is 10.7 Å². The maximum atomic E-state index is 11.1. The van der Waals surface area contributed by atoms with E-state index in [4.69, 9.17) is 5.73 Å². The van der Waals surface area contributed by atoms with E-state index in [1.165, 1.54) is 6.07 Å². The summed E-state index contributed by atoms with van der Waals surface area (Å²) in [5, 5.41) is 11.1. The number of nitrogens with zero attached hydrogens (tertiary/aromatic N) is 2. The van der Waals surface area contributed by atoms with Crippen LogP contribution >= 0.6 is 0 Å². The van der Waals surface area contributed by atoms with Gasteiger partial charge in [0, 0.05) is 6.07 Å². The van der Waals surface area contributed by atoms with Crippen molar-refractivity contribution >= 4 is 5.69 Å². The number of H-pyrrole nitrogens is 1. The van der Waals surface area contributed by atoms with Crippen molar-refractivity contribution in [3.05, 3.63) is 46.4 Å². The standard InChI is InChI=1S/C14H16N4O2/c1-14(15,9-6-7-9)13-16-8-11(17-13)10-4-2-3-5-12(10)18(19)20/h2-5,8-9H,6-7,15H2,1H3,(H,16,17). The molecule has 3 rings (SSSR count). The number of hydrogen-bond donors (Lipinski definition) is 2. The van der Waals surface area contributed by atoms with E-state index in [0.29, 0.717) is 23.0 Å². The SMILES string of the molecule is CC(N)(c1ncc(-c2ccccc2[N+](=O)[O-])[nH]1)C1CC1. The molecule has 0 aliphatic heterocycles. The molecule has 0 radical (unpaired) electrons. The summed E-state index contributed by atoms with van der Waals surface area (Å²) in [7, 11) is 0. The summed E-state index contributed by atoms with van der Waals surface area (Å²) in [6.07, 6.45) is 3.83. The molecule has 1 aromatic heterocycles. The third kappa shape index (κ3) is 2.08. The van der Waals surface area contributed by atoms with Gasteiger partial charge in [-0.05, 0) is 31.7 Å². The van der Waals surface area contributed by atoms with Gasteiger partial charge in [0.25, 0.3) is 5.69 Å². The first kappa shape index (κ1) is 12.8. The predicted octanol–water partition coefficient (Wildman–Crippen LogP) is 2.57. The fourth-order valence-electron chi connectivity index (χ4n) is 2.47. The summed E-state index contributed by atoms with van der Waals surface area (Å²) in [5.74, 6) is 1.13. The smallest absolute Gasteiger partial charge is 0.278 e. The zero-order valence-electron chi connectivity index (χ0n) is 11.2. The minimum atomic E-state index is -0.498. The zero-order valence-corrected chi connectivity index (χ0v) is 11.2. The second-order valence-electron chi connectivity index (χ2n) is 5.48. The molecular formula is C14H16N4O2. The molecule has 1 atom stereocenters. The van der Waals surface area contributed by atoms with Gasteiger partial charge in [0.05, 0.1) is 27.9 Å². The summed E-state index contributed by atoms with van der Waals surface area (Å²) >= 11 is 0. The van der Waals surface area contributed by atoms with E-state index in [-0.39, 0.29) is 5.69 Å². The van der Waals surface area contributed by atoms with Gasteiger partial charge in [-0.1, -0.05) is 12.1 Å². The third-order valence-corrected chi connectivity index (χ3v) is 3.90. The number of nitrogens with two attached hydrogens (primary N) is 1.